The summed E-state index contributed by atoms with van der Waals surface area (Å²) in [6.45, 7) is 5.58. The Kier molecular flexibility index (Phi) is 5.28. The fourth-order valence-corrected chi connectivity index (χ4v) is 3.16. The molecule has 1 aliphatic rings. The molecule has 2 nitrogen and oxygen atoms in total. The number of hydrogen-bond donors (Lipinski definition) is 2. The molecule has 3 heteroatoms. The van der Waals surface area contributed by atoms with E-state index in [2.05, 4.69) is 19.2 Å². The lowest BCUT2D eigenvalue weighted by atomic mass is 9.97. The summed E-state index contributed by atoms with van der Waals surface area (Å²) in [5, 5.41) is 13.0. The first kappa shape index (κ1) is 12.3. The highest BCUT2D eigenvalue weighted by molar-refractivity contribution is 7.99. The molecule has 14 heavy (non-hydrogen) atoms. The van der Waals surface area contributed by atoms with Crippen LogP contribution in [0.25, 0.3) is 0 Å². The second-order valence-electron chi connectivity index (χ2n) is 4.17. The Morgan fingerprint density at radius 3 is 2.57 bits per heavy atom. The molecule has 0 aromatic heterocycles. The number of aliphatic hydroxyl groups excluding tert-OH is 1. The molecule has 0 bridgehead atoms. The molecule has 0 amide bonds. The zero-order chi connectivity index (χ0) is 10.4. The van der Waals surface area contributed by atoms with E-state index in [9.17, 15) is 5.11 Å². The Morgan fingerprint density at radius 1 is 1.43 bits per heavy atom. The van der Waals surface area contributed by atoms with Crippen LogP contribution in [0.3, 0.4) is 0 Å². The number of hydrogen-bond acceptors (Lipinski definition) is 3. The monoisotopic (exact) mass is 217 g/mol. The van der Waals surface area contributed by atoms with Crippen molar-refractivity contribution < 1.29 is 5.11 Å². The van der Waals surface area contributed by atoms with Gasteiger partial charge in [0.05, 0.1) is 12.1 Å². The van der Waals surface area contributed by atoms with E-state index in [0.717, 1.165) is 18.2 Å². The maximum absolute atomic E-state index is 9.54. The van der Waals surface area contributed by atoms with Gasteiger partial charge in [-0.15, -0.1) is 0 Å². The summed E-state index contributed by atoms with van der Waals surface area (Å²) in [6.07, 6.45) is 3.81. The van der Waals surface area contributed by atoms with Gasteiger partial charge in [0.15, 0.2) is 0 Å². The second kappa shape index (κ2) is 5.99. The van der Waals surface area contributed by atoms with Crippen LogP contribution in [0.2, 0.25) is 0 Å². The summed E-state index contributed by atoms with van der Waals surface area (Å²) in [4.78, 5) is 0. The van der Waals surface area contributed by atoms with Crippen LogP contribution in [-0.2, 0) is 0 Å². The lowest BCUT2D eigenvalue weighted by Gasteiger charge is -2.32. The van der Waals surface area contributed by atoms with Crippen molar-refractivity contribution >= 4 is 11.8 Å². The second-order valence-corrected chi connectivity index (χ2v) is 5.28. The quantitative estimate of drug-likeness (QED) is 0.609. The van der Waals surface area contributed by atoms with Crippen molar-refractivity contribution in [1.29, 1.82) is 0 Å². The molecule has 0 aromatic carbocycles. The van der Waals surface area contributed by atoms with Crippen LogP contribution in [0.4, 0.5) is 0 Å². The van der Waals surface area contributed by atoms with Gasteiger partial charge < -0.3 is 10.4 Å². The van der Waals surface area contributed by atoms with Crippen LogP contribution in [0.15, 0.2) is 0 Å². The summed E-state index contributed by atoms with van der Waals surface area (Å²) in [7, 11) is 0. The normalized spacial score (nSPS) is 20.8. The average molecular weight is 217 g/mol. The van der Waals surface area contributed by atoms with Crippen LogP contribution in [0, 0.1) is 5.92 Å². The highest BCUT2D eigenvalue weighted by atomic mass is 32.2. The van der Waals surface area contributed by atoms with Crippen LogP contribution in [0.1, 0.15) is 33.1 Å². The SMILES string of the molecule is CCCSCC(CO)(NCC)C1CC1. The fraction of sp³-hybridized carbons (Fsp3) is 1.00. The van der Waals surface area contributed by atoms with Crippen molar-refractivity contribution in [2.45, 2.75) is 38.6 Å². The van der Waals surface area contributed by atoms with Gasteiger partial charge in [-0.2, -0.15) is 11.8 Å². The predicted molar refractivity (Wildman–Crippen MR) is 63.8 cm³/mol. The van der Waals surface area contributed by atoms with E-state index in [0.29, 0.717) is 6.61 Å². The highest BCUT2D eigenvalue weighted by Crippen LogP contribution is 2.41. The first-order chi connectivity index (χ1) is 6.79. The number of nitrogens with one attached hydrogen (secondary N) is 1. The Hall–Kier alpha value is 0.270. The third kappa shape index (κ3) is 3.14. The third-order valence-electron chi connectivity index (χ3n) is 2.88. The molecule has 1 atom stereocenters. The van der Waals surface area contributed by atoms with Crippen molar-refractivity contribution in [1.82, 2.24) is 5.32 Å². The molecule has 0 aromatic rings. The molecule has 1 fully saturated rings. The number of aliphatic hydroxyl groups is 1. The standard InChI is InChI=1S/C11H23NOS/c1-3-7-14-9-11(8-13,12-4-2)10-5-6-10/h10,12-13H,3-9H2,1-2H3. The Labute approximate surface area is 91.9 Å². The molecule has 0 spiro atoms. The van der Waals surface area contributed by atoms with Crippen LogP contribution < -0.4 is 5.32 Å². The van der Waals surface area contributed by atoms with Gasteiger partial charge in [-0.25, -0.2) is 0 Å². The molecule has 84 valence electrons. The summed E-state index contributed by atoms with van der Waals surface area (Å²) < 4.78 is 0. The minimum absolute atomic E-state index is 0.0224. The average Bonchev–Trinajstić information content (AvgIpc) is 3.00. The van der Waals surface area contributed by atoms with Crippen molar-refractivity contribution in [3.63, 3.8) is 0 Å². The fourth-order valence-electron chi connectivity index (χ4n) is 1.93. The van der Waals surface area contributed by atoms with Crippen molar-refractivity contribution in [3.8, 4) is 0 Å². The van der Waals surface area contributed by atoms with Gasteiger partial charge in [0.2, 0.25) is 0 Å². The minimum atomic E-state index is 0.0224. The smallest absolute Gasteiger partial charge is 0.0624 e. The molecular formula is C11H23NOS. The molecule has 0 radical (unpaired) electrons. The number of likely N-dealkylation sites (N-methyl/N-ethyl adjacent to an activating group) is 1. The van der Waals surface area contributed by atoms with Crippen LogP contribution >= 0.6 is 11.8 Å². The van der Waals surface area contributed by atoms with Gasteiger partial charge in [0, 0.05) is 5.75 Å². The first-order valence-electron chi connectivity index (χ1n) is 5.72. The first-order valence-corrected chi connectivity index (χ1v) is 6.88. The van der Waals surface area contributed by atoms with E-state index in [1.165, 1.54) is 25.0 Å². The Balaban J connectivity index is 2.40. The van der Waals surface area contributed by atoms with E-state index in [1.54, 1.807) is 0 Å². The Bertz CT molecular complexity index is 161. The lowest BCUT2D eigenvalue weighted by Crippen LogP contribution is -2.52. The van der Waals surface area contributed by atoms with Crippen molar-refractivity contribution in [3.05, 3.63) is 0 Å². The maximum atomic E-state index is 9.54. The highest BCUT2D eigenvalue weighted by Gasteiger charge is 2.43. The van der Waals surface area contributed by atoms with E-state index >= 15 is 0 Å². The molecule has 1 unspecified atom stereocenters. The summed E-state index contributed by atoms with van der Waals surface area (Å²) in [5.74, 6) is 2.99. The maximum Gasteiger partial charge on any atom is 0.0624 e. The molecule has 0 saturated heterocycles. The predicted octanol–water partition coefficient (Wildman–Crippen LogP) is 1.88. The minimum Gasteiger partial charge on any atom is -0.394 e. The van der Waals surface area contributed by atoms with Gasteiger partial charge in [0.1, 0.15) is 0 Å². The number of thioether (sulfide) groups is 1. The zero-order valence-electron chi connectivity index (χ0n) is 9.38. The van der Waals surface area contributed by atoms with E-state index in [4.69, 9.17) is 0 Å². The molecule has 1 aliphatic carbocycles. The van der Waals surface area contributed by atoms with E-state index in [-0.39, 0.29) is 5.54 Å². The topological polar surface area (TPSA) is 32.3 Å². The molecule has 2 N–H and O–H groups in total. The summed E-state index contributed by atoms with van der Waals surface area (Å²) in [5.41, 5.74) is 0.0224. The van der Waals surface area contributed by atoms with Crippen LogP contribution in [-0.4, -0.2) is 35.3 Å². The molecular weight excluding hydrogens is 194 g/mol. The van der Waals surface area contributed by atoms with Gasteiger partial charge in [-0.05, 0) is 37.5 Å². The zero-order valence-corrected chi connectivity index (χ0v) is 10.2. The van der Waals surface area contributed by atoms with Crippen LogP contribution in [0.5, 0.6) is 0 Å². The molecule has 0 heterocycles. The molecule has 1 rings (SSSR count). The summed E-state index contributed by atoms with van der Waals surface area (Å²) in [6, 6.07) is 0. The molecule has 1 saturated carbocycles. The van der Waals surface area contributed by atoms with Gasteiger partial charge in [-0.3, -0.25) is 0 Å². The largest absolute Gasteiger partial charge is 0.394 e. The number of rotatable bonds is 8. The van der Waals surface area contributed by atoms with E-state index in [1.807, 2.05) is 11.8 Å². The van der Waals surface area contributed by atoms with Gasteiger partial charge in [-0.1, -0.05) is 13.8 Å². The molecule has 0 aliphatic heterocycles. The summed E-state index contributed by atoms with van der Waals surface area (Å²) >= 11 is 1.97. The van der Waals surface area contributed by atoms with Gasteiger partial charge in [0.25, 0.3) is 0 Å². The van der Waals surface area contributed by atoms with Crippen molar-refractivity contribution in [2.75, 3.05) is 24.7 Å². The third-order valence-corrected chi connectivity index (χ3v) is 4.29. The lowest BCUT2D eigenvalue weighted by molar-refractivity contribution is 0.161. The van der Waals surface area contributed by atoms with E-state index < -0.39 is 0 Å². The Morgan fingerprint density at radius 2 is 2.14 bits per heavy atom. The van der Waals surface area contributed by atoms with Gasteiger partial charge >= 0.3 is 0 Å². The van der Waals surface area contributed by atoms with Crippen molar-refractivity contribution in [2.24, 2.45) is 5.92 Å².